The molecule has 6 nitrogen and oxygen atoms in total. The Balaban J connectivity index is 1.51. The number of carbonyl (C=O) groups excluding carboxylic acids is 2. The molecule has 1 fully saturated rings. The van der Waals surface area contributed by atoms with Crippen LogP contribution in [0.2, 0.25) is 0 Å². The smallest absolute Gasteiger partial charge is 0.422 e. The van der Waals surface area contributed by atoms with Gasteiger partial charge in [0.25, 0.3) is 0 Å². The minimum absolute atomic E-state index is 0.00572. The maximum atomic E-state index is 12.3. The van der Waals surface area contributed by atoms with Crippen molar-refractivity contribution in [1.82, 2.24) is 10.3 Å². The number of halogens is 3. The lowest BCUT2D eigenvalue weighted by Crippen LogP contribution is -2.28. The fourth-order valence-corrected chi connectivity index (χ4v) is 3.17. The molecule has 2 heterocycles. The molecule has 0 spiro atoms. The molecule has 1 saturated heterocycles. The van der Waals surface area contributed by atoms with Crippen LogP contribution in [0.1, 0.15) is 37.1 Å². The fraction of sp³-hybridized carbons (Fsp3) is 0.381. The van der Waals surface area contributed by atoms with Gasteiger partial charge in [-0.15, -0.1) is 0 Å². The van der Waals surface area contributed by atoms with Crippen LogP contribution in [-0.2, 0) is 16.0 Å². The third kappa shape index (κ3) is 5.95. The Morgan fingerprint density at radius 2 is 1.97 bits per heavy atom. The van der Waals surface area contributed by atoms with Gasteiger partial charge in [0.15, 0.2) is 6.61 Å². The van der Waals surface area contributed by atoms with Gasteiger partial charge in [-0.05, 0) is 43.2 Å². The number of carbonyl (C=O) groups is 2. The lowest BCUT2D eigenvalue weighted by molar-refractivity contribution is -0.153. The first kappa shape index (κ1) is 21.6. The molecule has 3 rings (SSSR count). The zero-order valence-electron chi connectivity index (χ0n) is 16.4. The van der Waals surface area contributed by atoms with Gasteiger partial charge in [0.05, 0.1) is 24.4 Å². The highest BCUT2D eigenvalue weighted by Gasteiger charge is 2.28. The number of alkyl halides is 3. The van der Waals surface area contributed by atoms with Crippen LogP contribution in [0.3, 0.4) is 0 Å². The number of pyridine rings is 1. The molecule has 1 N–H and O–H groups in total. The zero-order valence-corrected chi connectivity index (χ0v) is 16.4. The molecule has 0 bridgehead atoms. The molecular weight excluding hydrogens is 399 g/mol. The number of nitrogens with one attached hydrogen (secondary N) is 1. The highest BCUT2D eigenvalue weighted by atomic mass is 19.4. The molecule has 1 aromatic heterocycles. The molecule has 30 heavy (non-hydrogen) atoms. The molecule has 1 atom stereocenters. The monoisotopic (exact) mass is 421 g/mol. The number of benzene rings is 1. The lowest BCUT2D eigenvalue weighted by Gasteiger charge is -2.16. The van der Waals surface area contributed by atoms with E-state index in [0.29, 0.717) is 18.7 Å². The van der Waals surface area contributed by atoms with Gasteiger partial charge in [0.2, 0.25) is 11.8 Å². The van der Waals surface area contributed by atoms with Gasteiger partial charge in [0, 0.05) is 18.7 Å². The average molecular weight is 421 g/mol. The summed E-state index contributed by atoms with van der Waals surface area (Å²) >= 11 is 0. The van der Waals surface area contributed by atoms with E-state index in [1.807, 2.05) is 24.3 Å². The van der Waals surface area contributed by atoms with E-state index in [2.05, 4.69) is 15.0 Å². The van der Waals surface area contributed by atoms with Gasteiger partial charge in [-0.1, -0.05) is 12.1 Å². The SMILES string of the molecule is C[C@@H](NC(=O)Cc1ccc(N2CCCC2=O)cc1)c1ccc(OCC(F)(F)F)cn1. The summed E-state index contributed by atoms with van der Waals surface area (Å²) in [6.07, 6.45) is -1.65. The summed E-state index contributed by atoms with van der Waals surface area (Å²) < 4.78 is 41.2. The van der Waals surface area contributed by atoms with Gasteiger partial charge < -0.3 is 15.0 Å². The van der Waals surface area contributed by atoms with Crippen molar-refractivity contribution < 1.29 is 27.5 Å². The van der Waals surface area contributed by atoms with Crippen LogP contribution in [0.4, 0.5) is 18.9 Å². The second-order valence-corrected chi connectivity index (χ2v) is 7.10. The van der Waals surface area contributed by atoms with Crippen LogP contribution in [0, 0.1) is 0 Å². The van der Waals surface area contributed by atoms with E-state index in [1.54, 1.807) is 11.8 Å². The first-order valence-electron chi connectivity index (χ1n) is 9.55. The highest BCUT2D eigenvalue weighted by molar-refractivity contribution is 5.95. The predicted molar refractivity (Wildman–Crippen MR) is 104 cm³/mol. The minimum atomic E-state index is -4.41. The summed E-state index contributed by atoms with van der Waals surface area (Å²) in [7, 11) is 0. The van der Waals surface area contributed by atoms with Crippen LogP contribution in [0.25, 0.3) is 0 Å². The van der Waals surface area contributed by atoms with Crippen LogP contribution in [0.5, 0.6) is 5.75 Å². The van der Waals surface area contributed by atoms with Crippen molar-refractivity contribution in [2.24, 2.45) is 0 Å². The summed E-state index contributed by atoms with van der Waals surface area (Å²) in [6.45, 7) is 1.06. The minimum Gasteiger partial charge on any atom is -0.483 e. The molecule has 2 amide bonds. The third-order valence-corrected chi connectivity index (χ3v) is 4.67. The molecule has 0 aliphatic carbocycles. The maximum absolute atomic E-state index is 12.3. The van der Waals surface area contributed by atoms with Gasteiger partial charge in [-0.25, -0.2) is 0 Å². The number of hydrogen-bond donors (Lipinski definition) is 1. The Bertz CT molecular complexity index is 883. The van der Waals surface area contributed by atoms with E-state index in [4.69, 9.17) is 0 Å². The number of amides is 2. The Labute approximate surface area is 172 Å². The molecule has 1 aliphatic rings. The second kappa shape index (κ2) is 9.15. The largest absolute Gasteiger partial charge is 0.483 e. The fourth-order valence-electron chi connectivity index (χ4n) is 3.17. The maximum Gasteiger partial charge on any atom is 0.422 e. The first-order valence-corrected chi connectivity index (χ1v) is 9.55. The summed E-state index contributed by atoms with van der Waals surface area (Å²) in [4.78, 5) is 29.9. The van der Waals surface area contributed by atoms with Gasteiger partial charge in [-0.2, -0.15) is 13.2 Å². The summed E-state index contributed by atoms with van der Waals surface area (Å²) in [5.41, 5.74) is 2.14. The number of rotatable bonds is 7. The van der Waals surface area contributed by atoms with Crippen molar-refractivity contribution in [1.29, 1.82) is 0 Å². The molecule has 9 heteroatoms. The van der Waals surface area contributed by atoms with Gasteiger partial charge in [-0.3, -0.25) is 14.6 Å². The number of hydrogen-bond acceptors (Lipinski definition) is 4. The quantitative estimate of drug-likeness (QED) is 0.742. The van der Waals surface area contributed by atoms with Crippen molar-refractivity contribution in [3.8, 4) is 5.75 Å². The standard InChI is InChI=1S/C21H22F3N3O3/c1-14(18-9-8-17(12-25-18)30-13-21(22,23)24)26-19(28)11-15-4-6-16(7-5-15)27-10-2-3-20(27)29/h4-9,12,14H,2-3,10-11,13H2,1H3,(H,26,28)/t14-/m1/s1. The van der Waals surface area contributed by atoms with Crippen LogP contribution < -0.4 is 15.0 Å². The summed E-state index contributed by atoms with van der Waals surface area (Å²) in [5, 5.41) is 2.81. The van der Waals surface area contributed by atoms with E-state index >= 15 is 0 Å². The summed E-state index contributed by atoms with van der Waals surface area (Å²) in [6, 6.07) is 9.77. The summed E-state index contributed by atoms with van der Waals surface area (Å²) in [5.74, 6) is -0.102. The Morgan fingerprint density at radius 3 is 2.53 bits per heavy atom. The molecule has 1 aliphatic heterocycles. The average Bonchev–Trinajstić information content (AvgIpc) is 3.12. The van der Waals surface area contributed by atoms with Crippen LogP contribution >= 0.6 is 0 Å². The number of anilines is 1. The van der Waals surface area contributed by atoms with Gasteiger partial charge in [0.1, 0.15) is 5.75 Å². The Morgan fingerprint density at radius 1 is 1.23 bits per heavy atom. The molecule has 0 radical (unpaired) electrons. The van der Waals surface area contributed by atoms with E-state index in [-0.39, 0.29) is 24.0 Å². The third-order valence-electron chi connectivity index (χ3n) is 4.67. The van der Waals surface area contributed by atoms with E-state index in [0.717, 1.165) is 17.7 Å². The molecule has 2 aromatic rings. The Hall–Kier alpha value is -3.10. The zero-order chi connectivity index (χ0) is 21.7. The number of nitrogens with zero attached hydrogens (tertiary/aromatic N) is 2. The molecule has 0 unspecified atom stereocenters. The van der Waals surface area contributed by atoms with Crippen molar-refractivity contribution in [2.75, 3.05) is 18.1 Å². The Kier molecular flexibility index (Phi) is 6.59. The molecule has 0 saturated carbocycles. The van der Waals surface area contributed by atoms with Gasteiger partial charge >= 0.3 is 6.18 Å². The topological polar surface area (TPSA) is 71.5 Å². The van der Waals surface area contributed by atoms with Crippen molar-refractivity contribution in [3.05, 3.63) is 53.9 Å². The molecule has 1 aromatic carbocycles. The number of ether oxygens (including phenoxy) is 1. The predicted octanol–water partition coefficient (Wildman–Crippen LogP) is 3.57. The van der Waals surface area contributed by atoms with Crippen molar-refractivity contribution in [2.45, 2.75) is 38.4 Å². The molecule has 160 valence electrons. The first-order chi connectivity index (χ1) is 14.2. The van der Waals surface area contributed by atoms with E-state index in [9.17, 15) is 22.8 Å². The van der Waals surface area contributed by atoms with Crippen molar-refractivity contribution in [3.63, 3.8) is 0 Å². The highest BCUT2D eigenvalue weighted by Crippen LogP contribution is 2.22. The lowest BCUT2D eigenvalue weighted by atomic mass is 10.1. The van der Waals surface area contributed by atoms with E-state index in [1.165, 1.54) is 18.3 Å². The molecular formula is C21H22F3N3O3. The van der Waals surface area contributed by atoms with Crippen molar-refractivity contribution >= 4 is 17.5 Å². The van der Waals surface area contributed by atoms with E-state index < -0.39 is 18.8 Å². The second-order valence-electron chi connectivity index (χ2n) is 7.10. The normalized spacial score (nSPS) is 15.2. The van der Waals surface area contributed by atoms with Crippen LogP contribution in [0.15, 0.2) is 42.6 Å². The number of aromatic nitrogens is 1. The van der Waals surface area contributed by atoms with Crippen LogP contribution in [-0.4, -0.2) is 36.1 Å².